The molecule has 0 aliphatic rings. The molecule has 224 valence electrons. The lowest BCUT2D eigenvalue weighted by Crippen LogP contribution is -2.10. The number of fused-ring (bicyclic) bond motifs is 1. The van der Waals surface area contributed by atoms with Crippen LogP contribution in [0, 0.1) is 28.8 Å². The molecule has 9 nitrogen and oxygen atoms in total. The average molecular weight is 607 g/mol. The highest BCUT2D eigenvalue weighted by molar-refractivity contribution is 5.93. The van der Waals surface area contributed by atoms with Crippen molar-refractivity contribution in [3.05, 3.63) is 116 Å². The number of ether oxygens (including phenoxy) is 2. The van der Waals surface area contributed by atoms with Gasteiger partial charge in [-0.1, -0.05) is 6.07 Å². The molecule has 0 aliphatic heterocycles. The van der Waals surface area contributed by atoms with Gasteiger partial charge in [0.2, 0.25) is 0 Å². The first-order valence-electron chi connectivity index (χ1n) is 13.1. The molecule has 0 atom stereocenters. The number of rotatable bonds is 10. The summed E-state index contributed by atoms with van der Waals surface area (Å²) in [4.78, 5) is 34.6. The van der Waals surface area contributed by atoms with Gasteiger partial charge in [-0.05, 0) is 48.0 Å². The monoisotopic (exact) mass is 606 g/mol. The largest absolute Gasteiger partial charge is 0.474 e. The molecule has 2 heterocycles. The first kappa shape index (κ1) is 30.0. The number of carbonyl (C=O) groups excluding carboxylic acids is 1. The summed E-state index contributed by atoms with van der Waals surface area (Å²) in [5, 5.41) is 8.89. The van der Waals surface area contributed by atoms with Crippen molar-refractivity contribution in [1.82, 2.24) is 14.5 Å². The van der Waals surface area contributed by atoms with Crippen LogP contribution in [-0.4, -0.2) is 34.2 Å². The normalized spacial score (nSPS) is 11.0. The summed E-state index contributed by atoms with van der Waals surface area (Å²) in [5.41, 5.74) is 0.114. The first-order chi connectivity index (χ1) is 21.2. The van der Waals surface area contributed by atoms with Gasteiger partial charge in [-0.2, -0.15) is 5.26 Å². The minimum absolute atomic E-state index is 0.0466. The molecule has 0 fully saturated rings. The number of nitrogens with zero attached hydrogens (tertiary/aromatic N) is 3. The lowest BCUT2D eigenvalue weighted by molar-refractivity contribution is -0.0787. The minimum Gasteiger partial charge on any atom is -0.474 e. The highest BCUT2D eigenvalue weighted by Gasteiger charge is 2.19. The van der Waals surface area contributed by atoms with Gasteiger partial charge >= 0.3 is 5.97 Å². The maximum Gasteiger partial charge on any atom is 0.379 e. The van der Waals surface area contributed by atoms with E-state index in [1.165, 1.54) is 37.4 Å². The zero-order chi connectivity index (χ0) is 31.4. The van der Waals surface area contributed by atoms with Crippen LogP contribution >= 0.6 is 0 Å². The van der Waals surface area contributed by atoms with Crippen LogP contribution in [0.4, 0.5) is 17.7 Å². The smallest absolute Gasteiger partial charge is 0.379 e. The van der Waals surface area contributed by atoms with Crippen LogP contribution in [0.25, 0.3) is 22.3 Å². The van der Waals surface area contributed by atoms with E-state index in [4.69, 9.17) is 14.7 Å². The SMILES string of the molecule is COCCn1c(Cc2cc(F)c(-c3cc(=O)cc(OCc4ccc(C#N)cc4F)[nH]3)cc2F)nc2ccc(C(=O)OF)cc21. The number of halogens is 4. The summed E-state index contributed by atoms with van der Waals surface area (Å²) < 4.78 is 69.8. The molecular weight excluding hydrogens is 584 g/mol. The molecule has 44 heavy (non-hydrogen) atoms. The first-order valence-corrected chi connectivity index (χ1v) is 13.1. The fourth-order valence-electron chi connectivity index (χ4n) is 4.64. The number of carbonyl (C=O) groups is 1. The Labute approximate surface area is 246 Å². The Hall–Kier alpha value is -5.48. The van der Waals surface area contributed by atoms with Crippen molar-refractivity contribution in [2.75, 3.05) is 13.7 Å². The number of nitrogens with one attached hydrogen (secondary N) is 1. The lowest BCUT2D eigenvalue weighted by atomic mass is 10.0. The van der Waals surface area contributed by atoms with Crippen LogP contribution in [-0.2, 0) is 29.3 Å². The van der Waals surface area contributed by atoms with Gasteiger partial charge in [0.05, 0.1) is 40.5 Å². The molecule has 0 unspecified atom stereocenters. The second kappa shape index (κ2) is 12.8. The summed E-state index contributed by atoms with van der Waals surface area (Å²) in [5.74, 6) is -3.29. The zero-order valence-corrected chi connectivity index (χ0v) is 23.0. The third-order valence-electron chi connectivity index (χ3n) is 6.81. The van der Waals surface area contributed by atoms with Crippen molar-refractivity contribution in [2.45, 2.75) is 19.6 Å². The predicted molar refractivity (Wildman–Crippen MR) is 149 cm³/mol. The van der Waals surface area contributed by atoms with Gasteiger partial charge in [0.15, 0.2) is 11.3 Å². The third kappa shape index (κ3) is 6.30. The predicted octanol–water partition coefficient (Wildman–Crippen LogP) is 5.54. The van der Waals surface area contributed by atoms with Crippen molar-refractivity contribution in [1.29, 1.82) is 5.26 Å². The maximum absolute atomic E-state index is 15.4. The van der Waals surface area contributed by atoms with Gasteiger partial charge < -0.3 is 19.0 Å². The van der Waals surface area contributed by atoms with E-state index in [2.05, 4.69) is 14.9 Å². The van der Waals surface area contributed by atoms with E-state index in [1.807, 2.05) is 6.07 Å². The Kier molecular flexibility index (Phi) is 8.73. The Balaban J connectivity index is 1.43. The van der Waals surface area contributed by atoms with Crippen LogP contribution in [0.1, 0.15) is 32.9 Å². The second-order valence-corrected chi connectivity index (χ2v) is 9.64. The average Bonchev–Trinajstić information content (AvgIpc) is 3.36. The van der Waals surface area contributed by atoms with Crippen molar-refractivity contribution in [3.8, 4) is 23.2 Å². The van der Waals surface area contributed by atoms with Crippen molar-refractivity contribution >= 4 is 17.0 Å². The van der Waals surface area contributed by atoms with Crippen molar-refractivity contribution < 1.29 is 36.9 Å². The summed E-state index contributed by atoms with van der Waals surface area (Å²) in [6.07, 6.45) is -0.153. The van der Waals surface area contributed by atoms with E-state index in [1.54, 1.807) is 4.57 Å². The number of imidazole rings is 1. The summed E-state index contributed by atoms with van der Waals surface area (Å²) in [6, 6.07) is 13.9. The standard InChI is InChI=1S/C31H22F4N4O5/c1-42-7-6-39-28-10-18(31(41)44-35)4-5-26(28)37-29(39)11-20-9-25(34)22(14-24(20)33)27-12-21(40)13-30(38-27)43-16-19-3-2-17(15-36)8-23(19)32/h2-5,8-10,12-14H,6-7,11,16H2,1H3,(H,38,40). The molecule has 0 spiro atoms. The number of hydrogen-bond donors (Lipinski definition) is 1. The quantitative estimate of drug-likeness (QED) is 0.208. The molecule has 1 N–H and O–H groups in total. The second-order valence-electron chi connectivity index (χ2n) is 9.64. The van der Waals surface area contributed by atoms with Crippen LogP contribution in [0.15, 0.2) is 65.5 Å². The molecule has 2 aromatic heterocycles. The molecule has 0 saturated heterocycles. The lowest BCUT2D eigenvalue weighted by Gasteiger charge is -2.12. The molecule has 0 radical (unpaired) electrons. The molecule has 0 bridgehead atoms. The van der Waals surface area contributed by atoms with Crippen molar-refractivity contribution in [2.24, 2.45) is 0 Å². The Morgan fingerprint density at radius 1 is 1.00 bits per heavy atom. The van der Waals surface area contributed by atoms with E-state index < -0.39 is 28.8 Å². The Morgan fingerprint density at radius 3 is 2.52 bits per heavy atom. The van der Waals surface area contributed by atoms with Crippen molar-refractivity contribution in [3.63, 3.8) is 0 Å². The number of pyridine rings is 1. The number of aromatic amines is 1. The number of aromatic nitrogens is 3. The molecular formula is C31H22F4N4O5. The van der Waals surface area contributed by atoms with Crippen LogP contribution < -0.4 is 10.2 Å². The van der Waals surface area contributed by atoms with E-state index >= 15 is 8.78 Å². The molecule has 13 heteroatoms. The fraction of sp³-hybridized carbons (Fsp3) is 0.161. The van der Waals surface area contributed by atoms with E-state index in [-0.39, 0.29) is 65.6 Å². The highest BCUT2D eigenvalue weighted by Crippen LogP contribution is 2.28. The molecule has 0 saturated carbocycles. The molecule has 0 aliphatic carbocycles. The van der Waals surface area contributed by atoms with E-state index in [0.717, 1.165) is 30.3 Å². The summed E-state index contributed by atoms with van der Waals surface area (Å²) in [6.45, 7) is 0.182. The maximum atomic E-state index is 15.4. The third-order valence-corrected chi connectivity index (χ3v) is 6.81. The minimum atomic E-state index is -1.19. The van der Waals surface area contributed by atoms with Gasteiger partial charge in [0.1, 0.15) is 29.9 Å². The van der Waals surface area contributed by atoms with Gasteiger partial charge in [-0.15, -0.1) is 0 Å². The number of hydrogen-bond acceptors (Lipinski definition) is 7. The van der Waals surface area contributed by atoms with Crippen LogP contribution in [0.5, 0.6) is 5.88 Å². The zero-order valence-electron chi connectivity index (χ0n) is 23.0. The summed E-state index contributed by atoms with van der Waals surface area (Å²) >= 11 is 0. The highest BCUT2D eigenvalue weighted by atomic mass is 19.3. The van der Waals surface area contributed by atoms with E-state index in [0.29, 0.717) is 16.9 Å². The van der Waals surface area contributed by atoms with E-state index in [9.17, 15) is 18.5 Å². The van der Waals surface area contributed by atoms with Gasteiger partial charge in [0.25, 0.3) is 0 Å². The Bertz CT molecular complexity index is 1980. The number of methoxy groups -OCH3 is 1. The topological polar surface area (TPSA) is 119 Å². The molecule has 3 aromatic carbocycles. The molecule has 0 amide bonds. The molecule has 5 rings (SSSR count). The van der Waals surface area contributed by atoms with Gasteiger partial charge in [-0.25, -0.2) is 27.9 Å². The number of nitriles is 1. The molecule has 5 aromatic rings. The number of H-pyrrole nitrogens is 1. The summed E-state index contributed by atoms with van der Waals surface area (Å²) in [7, 11) is 1.48. The van der Waals surface area contributed by atoms with Crippen LogP contribution in [0.2, 0.25) is 0 Å². The van der Waals surface area contributed by atoms with Gasteiger partial charge in [-0.3, -0.25) is 4.79 Å². The van der Waals surface area contributed by atoms with Gasteiger partial charge in [0, 0.05) is 47.9 Å². The van der Waals surface area contributed by atoms with Crippen LogP contribution in [0.3, 0.4) is 0 Å². The number of benzene rings is 3. The Morgan fingerprint density at radius 2 is 1.80 bits per heavy atom. The fourth-order valence-corrected chi connectivity index (χ4v) is 4.64.